The van der Waals surface area contributed by atoms with Crippen LogP contribution in [-0.4, -0.2) is 60.5 Å². The number of carbonyl (C=O) groups is 3. The molecule has 1 aliphatic heterocycles. The van der Waals surface area contributed by atoms with Crippen LogP contribution in [0, 0.1) is 0 Å². The molecule has 232 valence electrons. The molecule has 0 aromatic heterocycles. The van der Waals surface area contributed by atoms with Crippen LogP contribution in [0.3, 0.4) is 0 Å². The first-order valence-corrected chi connectivity index (χ1v) is 14.3. The second kappa shape index (κ2) is 13.6. The highest BCUT2D eigenvalue weighted by molar-refractivity contribution is 6.08. The van der Waals surface area contributed by atoms with E-state index in [9.17, 15) is 27.6 Å². The maximum absolute atomic E-state index is 13.2. The fourth-order valence-electron chi connectivity index (χ4n) is 5.39. The van der Waals surface area contributed by atoms with Gasteiger partial charge >= 0.3 is 12.1 Å². The van der Waals surface area contributed by atoms with Crippen molar-refractivity contribution in [3.05, 3.63) is 120 Å². The summed E-state index contributed by atoms with van der Waals surface area (Å²) in [5.74, 6) is -1.86. The number of benzene rings is 4. The predicted octanol–water partition coefficient (Wildman–Crippen LogP) is 5.69. The number of piperazine rings is 1. The van der Waals surface area contributed by atoms with Gasteiger partial charge in [0.25, 0.3) is 5.91 Å². The highest BCUT2D eigenvalue weighted by atomic mass is 19.4. The van der Waals surface area contributed by atoms with Crippen LogP contribution in [0.15, 0.2) is 103 Å². The molecule has 4 aromatic carbocycles. The summed E-state index contributed by atoms with van der Waals surface area (Å²) in [6.07, 6.45) is -4.44. The number of alkyl halides is 3. The molecule has 1 saturated heterocycles. The molecule has 1 atom stereocenters. The Balaban J connectivity index is 1.23. The number of aliphatic carboxylic acids is 1. The zero-order valence-electron chi connectivity index (χ0n) is 24.1. The molecular formula is C34H31F3N4O4. The molecule has 3 N–H and O–H groups in total. The van der Waals surface area contributed by atoms with Gasteiger partial charge in [-0.2, -0.15) is 13.2 Å². The van der Waals surface area contributed by atoms with Gasteiger partial charge in [0, 0.05) is 43.1 Å². The molecule has 1 heterocycles. The first kappa shape index (κ1) is 31.3. The molecule has 5 rings (SSSR count). The van der Waals surface area contributed by atoms with Crippen molar-refractivity contribution in [2.75, 3.05) is 42.9 Å². The quantitative estimate of drug-likeness (QED) is 0.224. The highest BCUT2D eigenvalue weighted by Crippen LogP contribution is 2.32. The predicted molar refractivity (Wildman–Crippen MR) is 165 cm³/mol. The van der Waals surface area contributed by atoms with Gasteiger partial charge < -0.3 is 20.6 Å². The van der Waals surface area contributed by atoms with E-state index in [1.807, 2.05) is 47.4 Å². The molecule has 1 aliphatic rings. The number of carbonyl (C=O) groups excluding carboxylic acids is 2. The van der Waals surface area contributed by atoms with E-state index in [1.54, 1.807) is 36.4 Å². The maximum atomic E-state index is 13.2. The molecule has 11 heteroatoms. The Morgan fingerprint density at radius 1 is 0.778 bits per heavy atom. The van der Waals surface area contributed by atoms with Gasteiger partial charge in [0.2, 0.25) is 5.91 Å². The highest BCUT2D eigenvalue weighted by Gasteiger charge is 2.31. The van der Waals surface area contributed by atoms with E-state index in [1.165, 1.54) is 12.1 Å². The summed E-state index contributed by atoms with van der Waals surface area (Å²) in [4.78, 5) is 41.4. The molecule has 45 heavy (non-hydrogen) atoms. The van der Waals surface area contributed by atoms with Crippen molar-refractivity contribution < 1.29 is 32.7 Å². The van der Waals surface area contributed by atoms with E-state index in [0.717, 1.165) is 23.4 Å². The topological polar surface area (TPSA) is 102 Å². The summed E-state index contributed by atoms with van der Waals surface area (Å²) in [7, 11) is 0. The Labute approximate surface area is 258 Å². The molecule has 2 amide bonds. The molecular weight excluding hydrogens is 585 g/mol. The van der Waals surface area contributed by atoms with Gasteiger partial charge in [-0.25, -0.2) is 0 Å². The van der Waals surface area contributed by atoms with Gasteiger partial charge in [-0.05, 0) is 59.2 Å². The van der Waals surface area contributed by atoms with E-state index in [2.05, 4.69) is 15.5 Å². The van der Waals surface area contributed by atoms with Crippen LogP contribution in [-0.2, 0) is 15.8 Å². The van der Waals surface area contributed by atoms with Crippen LogP contribution in [0.25, 0.3) is 11.1 Å². The monoisotopic (exact) mass is 616 g/mol. The summed E-state index contributed by atoms with van der Waals surface area (Å²) in [6.45, 7) is 1.94. The second-order valence-corrected chi connectivity index (χ2v) is 10.6. The van der Waals surface area contributed by atoms with Crippen molar-refractivity contribution in [3.8, 4) is 11.1 Å². The number of halogens is 3. The Morgan fingerprint density at radius 2 is 1.40 bits per heavy atom. The lowest BCUT2D eigenvalue weighted by molar-refractivity contribution is -0.139. The number of carboxylic acid groups (broad SMARTS) is 1. The fourth-order valence-corrected chi connectivity index (χ4v) is 5.39. The summed E-state index contributed by atoms with van der Waals surface area (Å²) >= 11 is 0. The number of nitrogens with one attached hydrogen (secondary N) is 2. The van der Waals surface area contributed by atoms with Gasteiger partial charge in [-0.15, -0.1) is 0 Å². The zero-order valence-corrected chi connectivity index (χ0v) is 24.1. The molecule has 0 saturated carbocycles. The summed E-state index contributed by atoms with van der Waals surface area (Å²) in [6, 6.07) is 27.4. The second-order valence-electron chi connectivity index (χ2n) is 10.6. The molecule has 1 fully saturated rings. The van der Waals surface area contributed by atoms with Crippen LogP contribution in [0.2, 0.25) is 0 Å². The number of carboxylic acids is 1. The Morgan fingerprint density at radius 3 is 2.02 bits per heavy atom. The Bertz CT molecular complexity index is 1640. The van der Waals surface area contributed by atoms with Gasteiger partial charge in [0.05, 0.1) is 5.56 Å². The third kappa shape index (κ3) is 7.68. The average Bonchev–Trinajstić information content (AvgIpc) is 3.05. The normalized spacial score (nSPS) is 14.4. The van der Waals surface area contributed by atoms with Crippen LogP contribution >= 0.6 is 0 Å². The van der Waals surface area contributed by atoms with Crippen molar-refractivity contribution in [1.82, 2.24) is 10.2 Å². The third-order valence-electron chi connectivity index (χ3n) is 7.64. The van der Waals surface area contributed by atoms with E-state index >= 15 is 0 Å². The lowest BCUT2D eigenvalue weighted by Gasteiger charge is -2.39. The summed E-state index contributed by atoms with van der Waals surface area (Å²) in [5, 5.41) is 14.4. The summed E-state index contributed by atoms with van der Waals surface area (Å²) < 4.78 is 39.0. The molecule has 0 aliphatic carbocycles. The minimum atomic E-state index is -4.44. The van der Waals surface area contributed by atoms with E-state index < -0.39 is 30.3 Å². The SMILES string of the molecule is O=C(O)CNC(=O)C(c1ccccc1)N1CCN(c2ccc(NC(=O)c3ccccc3-c3ccc(C(F)(F)F)cc3)cc2)CC1. The number of rotatable bonds is 9. The fraction of sp³-hybridized carbons (Fsp3) is 0.206. The van der Waals surface area contributed by atoms with Gasteiger partial charge in [-0.3, -0.25) is 19.3 Å². The molecule has 1 unspecified atom stereocenters. The van der Waals surface area contributed by atoms with Crippen LogP contribution in [0.5, 0.6) is 0 Å². The van der Waals surface area contributed by atoms with Gasteiger partial charge in [0.1, 0.15) is 12.6 Å². The van der Waals surface area contributed by atoms with Crippen LogP contribution in [0.1, 0.15) is 27.5 Å². The lowest BCUT2D eigenvalue weighted by atomic mass is 9.98. The van der Waals surface area contributed by atoms with Crippen LogP contribution < -0.4 is 15.5 Å². The Kier molecular flexibility index (Phi) is 9.48. The first-order valence-electron chi connectivity index (χ1n) is 14.3. The van der Waals surface area contributed by atoms with Crippen LogP contribution in [0.4, 0.5) is 24.5 Å². The molecule has 0 spiro atoms. The van der Waals surface area contributed by atoms with Crippen molar-refractivity contribution in [2.24, 2.45) is 0 Å². The number of hydrogen-bond acceptors (Lipinski definition) is 5. The van der Waals surface area contributed by atoms with E-state index in [0.29, 0.717) is 48.6 Å². The molecule has 8 nitrogen and oxygen atoms in total. The van der Waals surface area contributed by atoms with E-state index in [4.69, 9.17) is 5.11 Å². The smallest absolute Gasteiger partial charge is 0.416 e. The molecule has 4 aromatic rings. The van der Waals surface area contributed by atoms with Crippen molar-refractivity contribution in [3.63, 3.8) is 0 Å². The lowest BCUT2D eigenvalue weighted by Crippen LogP contribution is -2.51. The largest absolute Gasteiger partial charge is 0.480 e. The molecule has 0 bridgehead atoms. The Hall–Kier alpha value is -5.16. The zero-order chi connectivity index (χ0) is 32.0. The summed E-state index contributed by atoms with van der Waals surface area (Å²) in [5.41, 5.74) is 2.87. The minimum Gasteiger partial charge on any atom is -0.480 e. The number of amides is 2. The van der Waals surface area contributed by atoms with Gasteiger partial charge in [-0.1, -0.05) is 60.7 Å². The van der Waals surface area contributed by atoms with E-state index in [-0.39, 0.29) is 11.8 Å². The number of hydrogen-bond donors (Lipinski definition) is 3. The maximum Gasteiger partial charge on any atom is 0.416 e. The molecule has 0 radical (unpaired) electrons. The minimum absolute atomic E-state index is 0.331. The van der Waals surface area contributed by atoms with Crippen molar-refractivity contribution in [1.29, 1.82) is 0 Å². The number of nitrogens with zero attached hydrogens (tertiary/aromatic N) is 2. The standard InChI is InChI=1S/C34H31F3N4O4/c35-34(36,37)25-12-10-23(11-13-25)28-8-4-5-9-29(28)32(44)39-26-14-16-27(17-15-26)40-18-20-41(21-19-40)31(24-6-2-1-3-7-24)33(45)38-22-30(42)43/h1-17,31H,18-22H2,(H,38,45)(H,39,44)(H,42,43). The van der Waals surface area contributed by atoms with Gasteiger partial charge in [0.15, 0.2) is 0 Å². The average molecular weight is 617 g/mol. The third-order valence-corrected chi connectivity index (χ3v) is 7.64. The van der Waals surface area contributed by atoms with Crippen molar-refractivity contribution >= 4 is 29.2 Å². The van der Waals surface area contributed by atoms with Crippen molar-refractivity contribution in [2.45, 2.75) is 12.2 Å². The first-order chi connectivity index (χ1) is 21.6. The number of anilines is 2.